The number of carbonyl (C=O) groups excluding carboxylic acids is 1. The zero-order chi connectivity index (χ0) is 8.69. The second-order valence-corrected chi connectivity index (χ2v) is 2.66. The molecule has 4 heteroatoms. The Morgan fingerprint density at radius 3 is 2.55 bits per heavy atom. The Morgan fingerprint density at radius 1 is 1.45 bits per heavy atom. The van der Waals surface area contributed by atoms with Crippen molar-refractivity contribution in [2.24, 2.45) is 0 Å². The van der Waals surface area contributed by atoms with Gasteiger partial charge in [-0.25, -0.2) is 4.79 Å². The minimum Gasteiger partial charge on any atom is -0.341 e. The van der Waals surface area contributed by atoms with Gasteiger partial charge in [-0.1, -0.05) is 0 Å². The normalized spacial score (nSPS) is 9.82. The molecule has 66 valence electrons. The van der Waals surface area contributed by atoms with E-state index in [0.29, 0.717) is 0 Å². The van der Waals surface area contributed by atoms with E-state index in [9.17, 15) is 4.79 Å². The molecule has 0 atom stereocenters. The minimum atomic E-state index is -0.108. The molecule has 2 amide bonds. The molecule has 0 fully saturated rings. The number of nitrogens with one attached hydrogen (secondary N) is 2. The van der Waals surface area contributed by atoms with Crippen LogP contribution < -0.4 is 10.6 Å². The topological polar surface area (TPSA) is 44.4 Å². The molecule has 0 unspecified atom stereocenters. The third-order valence-electron chi connectivity index (χ3n) is 1.29. The first-order valence-electron chi connectivity index (χ1n) is 3.77. The highest BCUT2D eigenvalue weighted by molar-refractivity contribution is 5.73. The first-order valence-corrected chi connectivity index (χ1v) is 3.77. The largest absolute Gasteiger partial charge is 0.341 e. The molecule has 0 heterocycles. The molecule has 0 bridgehead atoms. The lowest BCUT2D eigenvalue weighted by Crippen LogP contribution is -2.34. The van der Waals surface area contributed by atoms with Crippen molar-refractivity contribution in [3.05, 3.63) is 0 Å². The van der Waals surface area contributed by atoms with Crippen LogP contribution in [0.1, 0.15) is 6.42 Å². The summed E-state index contributed by atoms with van der Waals surface area (Å²) in [5.74, 6) is 0. The van der Waals surface area contributed by atoms with E-state index in [-0.39, 0.29) is 6.03 Å². The van der Waals surface area contributed by atoms with Crippen LogP contribution in [0.15, 0.2) is 0 Å². The summed E-state index contributed by atoms with van der Waals surface area (Å²) in [6.45, 7) is 1.74. The van der Waals surface area contributed by atoms with E-state index >= 15 is 0 Å². The lowest BCUT2D eigenvalue weighted by molar-refractivity contribution is 0.242. The second kappa shape index (κ2) is 5.97. The van der Waals surface area contributed by atoms with Crippen LogP contribution >= 0.6 is 0 Å². The number of hydrogen-bond donors (Lipinski definition) is 2. The van der Waals surface area contributed by atoms with Crippen LogP contribution in [0.5, 0.6) is 0 Å². The zero-order valence-electron chi connectivity index (χ0n) is 7.48. The van der Waals surface area contributed by atoms with Crippen molar-refractivity contribution in [1.29, 1.82) is 0 Å². The minimum absolute atomic E-state index is 0.108. The standard InChI is InChI=1S/C7H17N3O/c1-8-7(11)9-5-4-6-10(2)3/h4-6H2,1-3H3,(H2,8,9,11). The SMILES string of the molecule is CNC(=O)NCCCN(C)C. The summed E-state index contributed by atoms with van der Waals surface area (Å²) in [5, 5.41) is 5.20. The van der Waals surface area contributed by atoms with E-state index in [2.05, 4.69) is 15.5 Å². The van der Waals surface area contributed by atoms with Crippen LogP contribution in [0.3, 0.4) is 0 Å². The molecule has 0 aliphatic carbocycles. The van der Waals surface area contributed by atoms with Gasteiger partial charge in [0.2, 0.25) is 0 Å². The van der Waals surface area contributed by atoms with Crippen molar-refractivity contribution in [1.82, 2.24) is 15.5 Å². The molecule has 0 rings (SSSR count). The predicted molar refractivity (Wildman–Crippen MR) is 45.6 cm³/mol. The lowest BCUT2D eigenvalue weighted by atomic mass is 10.4. The highest BCUT2D eigenvalue weighted by atomic mass is 16.2. The molecular weight excluding hydrogens is 142 g/mol. The van der Waals surface area contributed by atoms with Gasteiger partial charge in [0.15, 0.2) is 0 Å². The molecule has 0 aromatic heterocycles. The average molecular weight is 159 g/mol. The van der Waals surface area contributed by atoms with Crippen molar-refractivity contribution in [3.8, 4) is 0 Å². The fourth-order valence-electron chi connectivity index (χ4n) is 0.686. The maximum atomic E-state index is 10.6. The molecule has 0 saturated heterocycles. The summed E-state index contributed by atoms with van der Waals surface area (Å²) in [7, 11) is 5.64. The zero-order valence-corrected chi connectivity index (χ0v) is 7.48. The second-order valence-electron chi connectivity index (χ2n) is 2.66. The third-order valence-corrected chi connectivity index (χ3v) is 1.29. The summed E-state index contributed by atoms with van der Waals surface area (Å²) in [4.78, 5) is 12.7. The van der Waals surface area contributed by atoms with Gasteiger partial charge in [0.1, 0.15) is 0 Å². The van der Waals surface area contributed by atoms with E-state index in [0.717, 1.165) is 19.5 Å². The van der Waals surface area contributed by atoms with Crippen molar-refractivity contribution in [2.45, 2.75) is 6.42 Å². The predicted octanol–water partition coefficient (Wildman–Crippen LogP) is -0.133. The van der Waals surface area contributed by atoms with E-state index in [4.69, 9.17) is 0 Å². The van der Waals surface area contributed by atoms with Crippen molar-refractivity contribution in [3.63, 3.8) is 0 Å². The molecule has 0 radical (unpaired) electrons. The van der Waals surface area contributed by atoms with Gasteiger partial charge >= 0.3 is 6.03 Å². The summed E-state index contributed by atoms with van der Waals surface area (Å²) < 4.78 is 0. The highest BCUT2D eigenvalue weighted by Crippen LogP contribution is 1.79. The van der Waals surface area contributed by atoms with Gasteiger partial charge in [0.25, 0.3) is 0 Å². The molecule has 0 aromatic rings. The molecule has 0 aromatic carbocycles. The van der Waals surface area contributed by atoms with E-state index in [1.165, 1.54) is 0 Å². The molecule has 2 N–H and O–H groups in total. The van der Waals surface area contributed by atoms with E-state index in [1.54, 1.807) is 7.05 Å². The maximum Gasteiger partial charge on any atom is 0.314 e. The number of urea groups is 1. The van der Waals surface area contributed by atoms with Crippen LogP contribution in [0, 0.1) is 0 Å². The van der Waals surface area contributed by atoms with Crippen LogP contribution in [0.4, 0.5) is 4.79 Å². The first-order chi connectivity index (χ1) is 5.16. The van der Waals surface area contributed by atoms with Gasteiger partial charge in [-0.05, 0) is 27.1 Å². The van der Waals surface area contributed by atoms with E-state index in [1.807, 2.05) is 14.1 Å². The lowest BCUT2D eigenvalue weighted by Gasteiger charge is -2.09. The summed E-state index contributed by atoms with van der Waals surface area (Å²) in [5.41, 5.74) is 0. The number of rotatable bonds is 4. The van der Waals surface area contributed by atoms with Crippen LogP contribution in [-0.4, -0.2) is 45.2 Å². The number of amides is 2. The quantitative estimate of drug-likeness (QED) is 0.561. The fourth-order valence-corrected chi connectivity index (χ4v) is 0.686. The van der Waals surface area contributed by atoms with Gasteiger partial charge in [-0.2, -0.15) is 0 Å². The van der Waals surface area contributed by atoms with Crippen LogP contribution in [0.2, 0.25) is 0 Å². The molecule has 0 saturated carbocycles. The molecule has 0 spiro atoms. The van der Waals surface area contributed by atoms with Crippen molar-refractivity contribution < 1.29 is 4.79 Å². The number of nitrogens with zero attached hydrogens (tertiary/aromatic N) is 1. The Hall–Kier alpha value is -0.770. The molecule has 11 heavy (non-hydrogen) atoms. The maximum absolute atomic E-state index is 10.6. The van der Waals surface area contributed by atoms with Crippen LogP contribution in [-0.2, 0) is 0 Å². The van der Waals surface area contributed by atoms with Crippen molar-refractivity contribution in [2.75, 3.05) is 34.2 Å². The Kier molecular flexibility index (Phi) is 5.56. The monoisotopic (exact) mass is 159 g/mol. The summed E-state index contributed by atoms with van der Waals surface area (Å²) >= 11 is 0. The van der Waals surface area contributed by atoms with Gasteiger partial charge in [-0.3, -0.25) is 0 Å². The van der Waals surface area contributed by atoms with Gasteiger partial charge in [0.05, 0.1) is 0 Å². The van der Waals surface area contributed by atoms with E-state index < -0.39 is 0 Å². The molecule has 0 aliphatic rings. The third kappa shape index (κ3) is 7.12. The Bertz CT molecular complexity index is 114. The first kappa shape index (κ1) is 10.2. The van der Waals surface area contributed by atoms with Crippen molar-refractivity contribution >= 4 is 6.03 Å². The van der Waals surface area contributed by atoms with Gasteiger partial charge < -0.3 is 15.5 Å². The number of hydrogen-bond acceptors (Lipinski definition) is 2. The molecular formula is C7H17N3O. The highest BCUT2D eigenvalue weighted by Gasteiger charge is 1.94. The Labute approximate surface area is 67.9 Å². The summed E-state index contributed by atoms with van der Waals surface area (Å²) in [6.07, 6.45) is 0.987. The summed E-state index contributed by atoms with van der Waals surface area (Å²) in [6, 6.07) is -0.108. The van der Waals surface area contributed by atoms with Gasteiger partial charge in [-0.15, -0.1) is 0 Å². The average Bonchev–Trinajstić information content (AvgIpc) is 1.97. The van der Waals surface area contributed by atoms with Crippen LogP contribution in [0.25, 0.3) is 0 Å². The molecule has 0 aliphatic heterocycles. The fraction of sp³-hybridized carbons (Fsp3) is 0.857. The molecule has 4 nitrogen and oxygen atoms in total. The smallest absolute Gasteiger partial charge is 0.314 e. The Balaban J connectivity index is 3.08. The van der Waals surface area contributed by atoms with Gasteiger partial charge in [0, 0.05) is 13.6 Å². The number of carbonyl (C=O) groups is 1. The Morgan fingerprint density at radius 2 is 2.09 bits per heavy atom.